The Hall–Kier alpha value is -2.75. The largest absolute Gasteiger partial charge is 0.508 e. The quantitative estimate of drug-likeness (QED) is 0.769. The fraction of sp³-hybridized carbons (Fsp3) is 0.167. The summed E-state index contributed by atoms with van der Waals surface area (Å²) in [6.45, 7) is 5.56. The van der Waals surface area contributed by atoms with Crippen LogP contribution in [0.4, 0.5) is 0 Å². The summed E-state index contributed by atoms with van der Waals surface area (Å²) in [7, 11) is 0. The smallest absolute Gasteiger partial charge is 0.235 e. The van der Waals surface area contributed by atoms with Crippen LogP contribution in [-0.4, -0.2) is 5.11 Å². The molecule has 0 bridgehead atoms. The fourth-order valence-corrected chi connectivity index (χ4v) is 2.32. The number of aryl methyl sites for hydroxylation is 3. The van der Waals surface area contributed by atoms with Gasteiger partial charge in [0.15, 0.2) is 0 Å². The van der Waals surface area contributed by atoms with Crippen molar-refractivity contribution in [3.63, 3.8) is 0 Å². The second-order valence-corrected chi connectivity index (χ2v) is 5.37. The summed E-state index contributed by atoms with van der Waals surface area (Å²) < 4.78 is 11.4. The molecule has 22 heavy (non-hydrogen) atoms. The van der Waals surface area contributed by atoms with E-state index in [2.05, 4.69) is 0 Å². The zero-order valence-electron chi connectivity index (χ0n) is 12.6. The van der Waals surface area contributed by atoms with Crippen LogP contribution in [0.15, 0.2) is 45.6 Å². The number of benzene rings is 2. The number of fused-ring (bicyclic) bond motifs is 1. The van der Waals surface area contributed by atoms with Crippen molar-refractivity contribution in [2.45, 2.75) is 20.8 Å². The molecule has 4 heteroatoms. The highest BCUT2D eigenvalue weighted by molar-refractivity contribution is 5.79. The van der Waals surface area contributed by atoms with Crippen molar-refractivity contribution >= 4 is 11.0 Å². The van der Waals surface area contributed by atoms with E-state index in [0.29, 0.717) is 22.5 Å². The number of ether oxygens (including phenoxy) is 1. The highest BCUT2D eigenvalue weighted by atomic mass is 16.5. The Morgan fingerprint density at radius 3 is 2.59 bits per heavy atom. The molecule has 1 N–H and O–H groups in total. The van der Waals surface area contributed by atoms with E-state index in [1.54, 1.807) is 6.92 Å². The normalized spacial score (nSPS) is 10.9. The van der Waals surface area contributed by atoms with E-state index in [-0.39, 0.29) is 16.9 Å². The van der Waals surface area contributed by atoms with Gasteiger partial charge in [-0.1, -0.05) is 12.1 Å². The lowest BCUT2D eigenvalue weighted by molar-refractivity contribution is 0.432. The molecule has 0 aliphatic carbocycles. The lowest BCUT2D eigenvalue weighted by Gasteiger charge is -2.11. The second kappa shape index (κ2) is 5.22. The molecule has 3 aromatic rings. The number of hydrogen-bond donors (Lipinski definition) is 1. The minimum atomic E-state index is -0.250. The zero-order chi connectivity index (χ0) is 15.9. The Morgan fingerprint density at radius 1 is 1.05 bits per heavy atom. The van der Waals surface area contributed by atoms with E-state index >= 15 is 0 Å². The minimum Gasteiger partial charge on any atom is -0.508 e. The Bertz CT molecular complexity index is 922. The predicted octanol–water partition coefficient (Wildman–Crippen LogP) is 4.22. The van der Waals surface area contributed by atoms with Crippen molar-refractivity contribution < 1.29 is 14.3 Å². The van der Waals surface area contributed by atoms with Gasteiger partial charge in [-0.05, 0) is 50.1 Å². The Balaban J connectivity index is 2.17. The average Bonchev–Trinajstić information content (AvgIpc) is 2.46. The van der Waals surface area contributed by atoms with Gasteiger partial charge in [0.2, 0.25) is 11.2 Å². The minimum absolute atomic E-state index is 0.0539. The van der Waals surface area contributed by atoms with E-state index < -0.39 is 0 Å². The van der Waals surface area contributed by atoms with Crippen LogP contribution in [-0.2, 0) is 0 Å². The van der Waals surface area contributed by atoms with Crippen molar-refractivity contribution in [2.24, 2.45) is 0 Å². The van der Waals surface area contributed by atoms with Gasteiger partial charge in [0, 0.05) is 6.07 Å². The lowest BCUT2D eigenvalue weighted by atomic mass is 10.1. The molecular formula is C18H16O4. The SMILES string of the molecule is Cc1ccc(C)c(Oc2c(C)oc3cc(O)ccc3c2=O)c1. The molecule has 0 spiro atoms. The van der Waals surface area contributed by atoms with Crippen molar-refractivity contribution in [1.29, 1.82) is 0 Å². The molecule has 0 atom stereocenters. The number of hydrogen-bond acceptors (Lipinski definition) is 4. The summed E-state index contributed by atoms with van der Waals surface area (Å²) in [5, 5.41) is 9.87. The van der Waals surface area contributed by atoms with Gasteiger partial charge in [0.05, 0.1) is 5.39 Å². The number of phenolic OH excluding ortho intramolecular Hbond substituents is 1. The first-order chi connectivity index (χ1) is 10.5. The molecule has 0 fully saturated rings. The maximum atomic E-state index is 12.6. The maximum Gasteiger partial charge on any atom is 0.235 e. The summed E-state index contributed by atoms with van der Waals surface area (Å²) in [5.74, 6) is 1.24. The molecule has 0 saturated carbocycles. The standard InChI is InChI=1S/C18H16O4/c1-10-4-5-11(2)15(8-10)22-18-12(3)21-16-9-13(19)6-7-14(16)17(18)20/h4-9,19H,1-3H3. The van der Waals surface area contributed by atoms with Crippen LogP contribution in [0.25, 0.3) is 11.0 Å². The number of phenols is 1. The molecule has 0 saturated heterocycles. The third kappa shape index (κ3) is 2.44. The fourth-order valence-electron chi connectivity index (χ4n) is 2.32. The molecule has 3 rings (SSSR count). The van der Waals surface area contributed by atoms with Crippen molar-refractivity contribution in [2.75, 3.05) is 0 Å². The van der Waals surface area contributed by atoms with Gasteiger partial charge < -0.3 is 14.3 Å². The van der Waals surface area contributed by atoms with Gasteiger partial charge in [-0.25, -0.2) is 0 Å². The van der Waals surface area contributed by atoms with Crippen LogP contribution >= 0.6 is 0 Å². The van der Waals surface area contributed by atoms with Gasteiger partial charge in [0.1, 0.15) is 22.8 Å². The van der Waals surface area contributed by atoms with Gasteiger partial charge in [-0.15, -0.1) is 0 Å². The van der Waals surface area contributed by atoms with Crippen LogP contribution in [0.5, 0.6) is 17.2 Å². The van der Waals surface area contributed by atoms with Gasteiger partial charge in [0.25, 0.3) is 0 Å². The predicted molar refractivity (Wildman–Crippen MR) is 84.9 cm³/mol. The summed E-state index contributed by atoms with van der Waals surface area (Å²) in [4.78, 5) is 12.6. The third-order valence-corrected chi connectivity index (χ3v) is 3.55. The first kappa shape index (κ1) is 14.2. The summed E-state index contributed by atoms with van der Waals surface area (Å²) in [5.41, 5.74) is 2.08. The first-order valence-electron chi connectivity index (χ1n) is 6.97. The molecule has 2 aromatic carbocycles. The van der Waals surface area contributed by atoms with E-state index in [1.807, 2.05) is 32.0 Å². The van der Waals surface area contributed by atoms with E-state index in [9.17, 15) is 9.90 Å². The molecule has 4 nitrogen and oxygen atoms in total. The third-order valence-electron chi connectivity index (χ3n) is 3.55. The number of rotatable bonds is 2. The molecule has 0 radical (unpaired) electrons. The molecule has 0 unspecified atom stereocenters. The van der Waals surface area contributed by atoms with Gasteiger partial charge >= 0.3 is 0 Å². The van der Waals surface area contributed by atoms with Crippen LogP contribution in [0.3, 0.4) is 0 Å². The lowest BCUT2D eigenvalue weighted by Crippen LogP contribution is -2.07. The molecule has 0 aliphatic heterocycles. The van der Waals surface area contributed by atoms with E-state index in [4.69, 9.17) is 9.15 Å². The van der Waals surface area contributed by atoms with Gasteiger partial charge in [-0.2, -0.15) is 0 Å². The second-order valence-electron chi connectivity index (χ2n) is 5.37. The van der Waals surface area contributed by atoms with Crippen LogP contribution in [0, 0.1) is 20.8 Å². The van der Waals surface area contributed by atoms with Crippen LogP contribution < -0.4 is 10.2 Å². The van der Waals surface area contributed by atoms with Crippen LogP contribution in [0.1, 0.15) is 16.9 Å². The molecule has 0 amide bonds. The molecule has 1 aromatic heterocycles. The first-order valence-corrected chi connectivity index (χ1v) is 6.97. The topological polar surface area (TPSA) is 59.7 Å². The molecule has 1 heterocycles. The molecule has 112 valence electrons. The molecular weight excluding hydrogens is 280 g/mol. The van der Waals surface area contributed by atoms with E-state index in [1.165, 1.54) is 18.2 Å². The Kier molecular flexibility index (Phi) is 3.37. The highest BCUT2D eigenvalue weighted by Crippen LogP contribution is 2.29. The number of aromatic hydroxyl groups is 1. The monoisotopic (exact) mass is 296 g/mol. The van der Waals surface area contributed by atoms with Crippen molar-refractivity contribution in [3.05, 3.63) is 63.5 Å². The van der Waals surface area contributed by atoms with Crippen molar-refractivity contribution in [3.8, 4) is 17.2 Å². The summed E-state index contributed by atoms with van der Waals surface area (Å²) in [6, 6.07) is 10.2. The van der Waals surface area contributed by atoms with Crippen LogP contribution in [0.2, 0.25) is 0 Å². The van der Waals surface area contributed by atoms with Crippen molar-refractivity contribution in [1.82, 2.24) is 0 Å². The summed E-state index contributed by atoms with van der Waals surface area (Å²) >= 11 is 0. The zero-order valence-corrected chi connectivity index (χ0v) is 12.6. The maximum absolute atomic E-state index is 12.6. The van der Waals surface area contributed by atoms with E-state index in [0.717, 1.165) is 11.1 Å². The Morgan fingerprint density at radius 2 is 1.82 bits per heavy atom. The van der Waals surface area contributed by atoms with Gasteiger partial charge in [-0.3, -0.25) is 4.79 Å². The average molecular weight is 296 g/mol. The molecule has 0 aliphatic rings. The summed E-state index contributed by atoms with van der Waals surface area (Å²) in [6.07, 6.45) is 0. The Labute approximate surface area is 127 Å². The highest BCUT2D eigenvalue weighted by Gasteiger charge is 2.15.